The zero-order chi connectivity index (χ0) is 16.8. The number of nitrogens with zero attached hydrogens (tertiary/aromatic N) is 1. The summed E-state index contributed by atoms with van der Waals surface area (Å²) in [4.78, 5) is 8.13. The molecule has 1 aromatic carbocycles. The van der Waals surface area contributed by atoms with Crippen LogP contribution in [0.25, 0.3) is 10.9 Å². The minimum absolute atomic E-state index is 0. The number of guanidine groups is 1. The van der Waals surface area contributed by atoms with Crippen molar-refractivity contribution in [1.29, 1.82) is 0 Å². The normalized spacial score (nSPS) is 17.5. The number of aryl methyl sites for hydroxylation is 1. The fraction of sp³-hybridized carbons (Fsp3) is 0.526. The van der Waals surface area contributed by atoms with Crippen LogP contribution in [-0.4, -0.2) is 41.6 Å². The van der Waals surface area contributed by atoms with E-state index in [-0.39, 0.29) is 24.0 Å². The van der Waals surface area contributed by atoms with E-state index in [2.05, 4.69) is 65.6 Å². The Kier molecular flexibility index (Phi) is 8.42. The van der Waals surface area contributed by atoms with Crippen LogP contribution in [0.1, 0.15) is 30.9 Å². The van der Waals surface area contributed by atoms with Crippen molar-refractivity contribution in [2.45, 2.75) is 38.4 Å². The number of benzene rings is 1. The van der Waals surface area contributed by atoms with E-state index in [9.17, 15) is 0 Å². The first-order valence-electron chi connectivity index (χ1n) is 8.96. The molecule has 1 atom stereocenters. The van der Waals surface area contributed by atoms with E-state index in [1.165, 1.54) is 40.6 Å². The fourth-order valence-electron chi connectivity index (χ4n) is 3.15. The van der Waals surface area contributed by atoms with Crippen LogP contribution in [-0.2, 0) is 6.42 Å². The molecule has 1 saturated heterocycles. The van der Waals surface area contributed by atoms with Gasteiger partial charge in [0.2, 0.25) is 0 Å². The van der Waals surface area contributed by atoms with Crippen molar-refractivity contribution in [2.75, 3.05) is 25.4 Å². The molecule has 0 bridgehead atoms. The van der Waals surface area contributed by atoms with Crippen LogP contribution in [0, 0.1) is 6.92 Å². The van der Waals surface area contributed by atoms with E-state index in [0.717, 1.165) is 32.0 Å². The van der Waals surface area contributed by atoms with Crippen molar-refractivity contribution >= 4 is 52.6 Å². The van der Waals surface area contributed by atoms with Crippen LogP contribution in [0.4, 0.5) is 0 Å². The van der Waals surface area contributed by atoms with Crippen molar-refractivity contribution in [1.82, 2.24) is 15.6 Å². The van der Waals surface area contributed by atoms with E-state index in [1.807, 2.05) is 0 Å². The number of halogens is 1. The Labute approximate surface area is 172 Å². The molecule has 1 aromatic heterocycles. The Morgan fingerprint density at radius 3 is 3.00 bits per heavy atom. The van der Waals surface area contributed by atoms with Gasteiger partial charge in [-0.2, -0.15) is 11.8 Å². The van der Waals surface area contributed by atoms with Gasteiger partial charge >= 0.3 is 0 Å². The number of H-pyrrole nitrogens is 1. The topological polar surface area (TPSA) is 52.2 Å². The molecule has 1 aliphatic rings. The second-order valence-corrected chi connectivity index (χ2v) is 7.80. The lowest BCUT2D eigenvalue weighted by molar-refractivity contribution is 0.761. The molecule has 3 rings (SSSR count). The van der Waals surface area contributed by atoms with Gasteiger partial charge in [-0.15, -0.1) is 24.0 Å². The molecule has 1 aliphatic heterocycles. The summed E-state index contributed by atoms with van der Waals surface area (Å²) in [7, 11) is 0. The van der Waals surface area contributed by atoms with Gasteiger partial charge < -0.3 is 15.6 Å². The first kappa shape index (κ1) is 20.4. The predicted molar refractivity (Wildman–Crippen MR) is 122 cm³/mol. The smallest absolute Gasteiger partial charge is 0.191 e. The lowest BCUT2D eigenvalue weighted by atomic mass is 10.1. The van der Waals surface area contributed by atoms with Crippen LogP contribution < -0.4 is 10.6 Å². The van der Waals surface area contributed by atoms with Crippen LogP contribution in [0.2, 0.25) is 0 Å². The second kappa shape index (κ2) is 10.3. The maximum atomic E-state index is 4.75. The van der Waals surface area contributed by atoms with Gasteiger partial charge in [-0.05, 0) is 56.1 Å². The van der Waals surface area contributed by atoms with Gasteiger partial charge in [0.15, 0.2) is 5.96 Å². The van der Waals surface area contributed by atoms with Gasteiger partial charge in [0.05, 0.1) is 6.54 Å². The number of hydrogen-bond donors (Lipinski definition) is 3. The van der Waals surface area contributed by atoms with Gasteiger partial charge in [0.25, 0.3) is 0 Å². The number of fused-ring (bicyclic) bond motifs is 1. The Morgan fingerprint density at radius 2 is 2.24 bits per heavy atom. The molecule has 138 valence electrons. The summed E-state index contributed by atoms with van der Waals surface area (Å²) in [5.74, 6) is 2.24. The van der Waals surface area contributed by atoms with Crippen LogP contribution in [0.5, 0.6) is 0 Å². The summed E-state index contributed by atoms with van der Waals surface area (Å²) in [5, 5.41) is 8.86. The van der Waals surface area contributed by atoms with E-state index < -0.39 is 0 Å². The highest BCUT2D eigenvalue weighted by Gasteiger charge is 2.15. The number of aliphatic imine (C=N–C) groups is 1. The van der Waals surface area contributed by atoms with E-state index in [4.69, 9.17) is 4.99 Å². The summed E-state index contributed by atoms with van der Waals surface area (Å²) in [6, 6.07) is 6.60. The van der Waals surface area contributed by atoms with E-state index >= 15 is 0 Å². The highest BCUT2D eigenvalue weighted by molar-refractivity contribution is 14.0. The van der Waals surface area contributed by atoms with Gasteiger partial charge in [0, 0.05) is 35.4 Å². The lowest BCUT2D eigenvalue weighted by Crippen LogP contribution is -2.38. The van der Waals surface area contributed by atoms with Crippen molar-refractivity contribution in [3.63, 3.8) is 0 Å². The molecule has 0 saturated carbocycles. The van der Waals surface area contributed by atoms with Crippen molar-refractivity contribution < 1.29 is 0 Å². The van der Waals surface area contributed by atoms with Gasteiger partial charge in [-0.25, -0.2) is 0 Å². The predicted octanol–water partition coefficient (Wildman–Crippen LogP) is 4.09. The van der Waals surface area contributed by atoms with Crippen LogP contribution in [0.15, 0.2) is 29.4 Å². The van der Waals surface area contributed by atoms with Crippen molar-refractivity contribution in [2.24, 2.45) is 4.99 Å². The summed E-state index contributed by atoms with van der Waals surface area (Å²) < 4.78 is 0. The standard InChI is InChI=1S/C19H28N4S.HI/c1-3-20-19(23-13-16-5-4-10-24-16)21-9-8-15-12-22-18-11-14(2)6-7-17(15)18;/h6-7,11-12,16,22H,3-5,8-10,13H2,1-2H3,(H2,20,21,23);1H. The van der Waals surface area contributed by atoms with E-state index in [0.29, 0.717) is 5.25 Å². The number of hydrogen-bond acceptors (Lipinski definition) is 2. The summed E-state index contributed by atoms with van der Waals surface area (Å²) >= 11 is 2.06. The van der Waals surface area contributed by atoms with Crippen LogP contribution in [0.3, 0.4) is 0 Å². The Hall–Kier alpha value is -0.890. The molecule has 0 radical (unpaired) electrons. The van der Waals surface area contributed by atoms with E-state index in [1.54, 1.807) is 0 Å². The third kappa shape index (κ3) is 5.81. The molecule has 0 aliphatic carbocycles. The number of aromatic nitrogens is 1. The highest BCUT2D eigenvalue weighted by Crippen LogP contribution is 2.26. The Morgan fingerprint density at radius 1 is 1.36 bits per heavy atom. The molecule has 1 unspecified atom stereocenters. The van der Waals surface area contributed by atoms with Crippen molar-refractivity contribution in [3.05, 3.63) is 35.5 Å². The SMILES string of the molecule is CCNC(=NCC1CCCS1)NCCc1c[nH]c2cc(C)ccc12.I. The van der Waals surface area contributed by atoms with Gasteiger partial charge in [-0.3, -0.25) is 4.99 Å². The molecule has 2 heterocycles. The third-order valence-electron chi connectivity index (χ3n) is 4.43. The molecular weight excluding hydrogens is 443 g/mol. The molecule has 0 spiro atoms. The van der Waals surface area contributed by atoms with Gasteiger partial charge in [-0.1, -0.05) is 12.1 Å². The maximum absolute atomic E-state index is 4.75. The number of aromatic amines is 1. The monoisotopic (exact) mass is 472 g/mol. The Balaban J connectivity index is 0.00000225. The lowest BCUT2D eigenvalue weighted by Gasteiger charge is -2.12. The highest BCUT2D eigenvalue weighted by atomic mass is 127. The van der Waals surface area contributed by atoms with Crippen LogP contribution >= 0.6 is 35.7 Å². The summed E-state index contributed by atoms with van der Waals surface area (Å²) in [6.07, 6.45) is 5.77. The molecule has 1 fully saturated rings. The average molecular weight is 472 g/mol. The number of rotatable bonds is 6. The molecule has 4 nitrogen and oxygen atoms in total. The molecule has 3 N–H and O–H groups in total. The Bertz CT molecular complexity index is 692. The average Bonchev–Trinajstić information content (AvgIpc) is 3.22. The minimum atomic E-state index is 0. The summed E-state index contributed by atoms with van der Waals surface area (Å²) in [5.41, 5.74) is 3.88. The zero-order valence-corrected chi connectivity index (χ0v) is 18.2. The third-order valence-corrected chi connectivity index (χ3v) is 5.81. The second-order valence-electron chi connectivity index (χ2n) is 6.39. The zero-order valence-electron chi connectivity index (χ0n) is 15.1. The summed E-state index contributed by atoms with van der Waals surface area (Å²) in [6.45, 7) is 6.96. The largest absolute Gasteiger partial charge is 0.361 e. The molecule has 6 heteroatoms. The number of thioether (sulfide) groups is 1. The molecular formula is C19H29IN4S. The molecule has 2 aromatic rings. The minimum Gasteiger partial charge on any atom is -0.361 e. The van der Waals surface area contributed by atoms with Gasteiger partial charge in [0.1, 0.15) is 0 Å². The maximum Gasteiger partial charge on any atom is 0.191 e. The first-order valence-corrected chi connectivity index (χ1v) is 10.0. The molecule has 0 amide bonds. The van der Waals surface area contributed by atoms with Crippen molar-refractivity contribution in [3.8, 4) is 0 Å². The first-order chi connectivity index (χ1) is 11.8. The fourth-order valence-corrected chi connectivity index (χ4v) is 4.33. The molecule has 25 heavy (non-hydrogen) atoms. The quantitative estimate of drug-likeness (QED) is 0.337. The number of nitrogens with one attached hydrogen (secondary N) is 3.